The Hall–Kier alpha value is -0.610. The third kappa shape index (κ3) is 3.32. The van der Waals surface area contributed by atoms with Gasteiger partial charge in [0.25, 0.3) is 0 Å². The highest BCUT2D eigenvalue weighted by atomic mass is 79.9. The van der Waals surface area contributed by atoms with Crippen molar-refractivity contribution in [3.05, 3.63) is 28.5 Å². The number of nitrogens with one attached hydrogen (secondary N) is 1. The molecule has 0 fully saturated rings. The van der Waals surface area contributed by atoms with Crippen molar-refractivity contribution in [2.24, 2.45) is 0 Å². The Bertz CT molecular complexity index is 291. The van der Waals surface area contributed by atoms with Crippen molar-refractivity contribution in [1.82, 2.24) is 0 Å². The minimum absolute atomic E-state index is 0.310. The van der Waals surface area contributed by atoms with Crippen LogP contribution in [0.15, 0.2) is 22.7 Å². The number of rotatable bonds is 3. The number of aliphatic hydroxyl groups excluding tert-OH is 1. The maximum atomic E-state index is 13.0. The summed E-state index contributed by atoms with van der Waals surface area (Å²) in [4.78, 5) is 0. The first-order valence-electron chi connectivity index (χ1n) is 3.96. The first-order chi connectivity index (χ1) is 6.09. The monoisotopic (exact) mass is 247 g/mol. The SMILES string of the molecule is C[C@H](O)CNc1ccc(Br)c(F)c1. The van der Waals surface area contributed by atoms with Crippen LogP contribution in [0.1, 0.15) is 6.92 Å². The number of benzene rings is 1. The highest BCUT2D eigenvalue weighted by Crippen LogP contribution is 2.19. The average Bonchev–Trinajstić information content (AvgIpc) is 2.07. The lowest BCUT2D eigenvalue weighted by Crippen LogP contribution is -2.15. The van der Waals surface area contributed by atoms with Gasteiger partial charge < -0.3 is 10.4 Å². The van der Waals surface area contributed by atoms with E-state index in [1.165, 1.54) is 6.07 Å². The second kappa shape index (κ2) is 4.58. The quantitative estimate of drug-likeness (QED) is 0.860. The van der Waals surface area contributed by atoms with Crippen LogP contribution < -0.4 is 5.32 Å². The van der Waals surface area contributed by atoms with E-state index in [0.29, 0.717) is 16.7 Å². The zero-order chi connectivity index (χ0) is 9.84. The second-order valence-corrected chi connectivity index (χ2v) is 3.71. The molecule has 1 aromatic rings. The maximum Gasteiger partial charge on any atom is 0.139 e. The fourth-order valence-electron chi connectivity index (χ4n) is 0.872. The van der Waals surface area contributed by atoms with E-state index < -0.39 is 6.10 Å². The summed E-state index contributed by atoms with van der Waals surface area (Å²) in [7, 11) is 0. The molecule has 0 heterocycles. The molecule has 72 valence electrons. The van der Waals surface area contributed by atoms with E-state index >= 15 is 0 Å². The van der Waals surface area contributed by atoms with Gasteiger partial charge in [-0.05, 0) is 41.1 Å². The molecule has 2 nitrogen and oxygen atoms in total. The summed E-state index contributed by atoms with van der Waals surface area (Å²) >= 11 is 3.06. The minimum atomic E-state index is -0.438. The molecule has 0 unspecified atom stereocenters. The number of hydrogen-bond donors (Lipinski definition) is 2. The van der Waals surface area contributed by atoms with E-state index in [1.807, 2.05) is 0 Å². The number of anilines is 1. The van der Waals surface area contributed by atoms with E-state index in [-0.39, 0.29) is 5.82 Å². The van der Waals surface area contributed by atoms with Gasteiger partial charge in [-0.1, -0.05) is 0 Å². The number of hydrogen-bond acceptors (Lipinski definition) is 2. The summed E-state index contributed by atoms with van der Waals surface area (Å²) in [5.41, 5.74) is 0.668. The molecule has 1 rings (SSSR count). The van der Waals surface area contributed by atoms with E-state index in [2.05, 4.69) is 21.2 Å². The summed E-state index contributed by atoms with van der Waals surface area (Å²) in [5.74, 6) is -0.310. The molecule has 13 heavy (non-hydrogen) atoms. The lowest BCUT2D eigenvalue weighted by atomic mass is 10.3. The van der Waals surface area contributed by atoms with Gasteiger partial charge in [0.2, 0.25) is 0 Å². The van der Waals surface area contributed by atoms with Gasteiger partial charge in [-0.3, -0.25) is 0 Å². The van der Waals surface area contributed by atoms with Crippen LogP contribution in [0.25, 0.3) is 0 Å². The van der Waals surface area contributed by atoms with Gasteiger partial charge in [0.15, 0.2) is 0 Å². The summed E-state index contributed by atoms with van der Waals surface area (Å²) < 4.78 is 13.4. The van der Waals surface area contributed by atoms with Gasteiger partial charge in [-0.25, -0.2) is 4.39 Å². The molecule has 1 atom stereocenters. The van der Waals surface area contributed by atoms with E-state index in [0.717, 1.165) is 0 Å². The Balaban J connectivity index is 2.63. The number of aliphatic hydroxyl groups is 1. The van der Waals surface area contributed by atoms with E-state index in [9.17, 15) is 4.39 Å². The lowest BCUT2D eigenvalue weighted by Gasteiger charge is -2.08. The first-order valence-corrected chi connectivity index (χ1v) is 4.76. The van der Waals surface area contributed by atoms with Crippen LogP contribution in [0, 0.1) is 5.82 Å². The molecule has 0 saturated heterocycles. The summed E-state index contributed by atoms with van der Waals surface area (Å²) in [6.45, 7) is 2.09. The third-order valence-electron chi connectivity index (χ3n) is 1.52. The third-order valence-corrected chi connectivity index (χ3v) is 2.16. The normalized spacial score (nSPS) is 12.6. The van der Waals surface area contributed by atoms with Gasteiger partial charge in [0.1, 0.15) is 5.82 Å². The minimum Gasteiger partial charge on any atom is -0.392 e. The Morgan fingerprint density at radius 1 is 1.62 bits per heavy atom. The molecule has 0 amide bonds. The fraction of sp³-hybridized carbons (Fsp3) is 0.333. The molecular formula is C9H11BrFNO. The summed E-state index contributed by atoms with van der Waals surface area (Å²) in [5, 5.41) is 11.9. The molecule has 0 aromatic heterocycles. The molecule has 0 bridgehead atoms. The molecule has 0 aliphatic rings. The van der Waals surface area contributed by atoms with E-state index in [4.69, 9.17) is 5.11 Å². The van der Waals surface area contributed by atoms with Crippen LogP contribution in [-0.2, 0) is 0 Å². The van der Waals surface area contributed by atoms with Crippen molar-refractivity contribution in [2.45, 2.75) is 13.0 Å². The van der Waals surface area contributed by atoms with Gasteiger partial charge in [0.05, 0.1) is 10.6 Å². The highest BCUT2D eigenvalue weighted by Gasteiger charge is 2.00. The molecule has 0 spiro atoms. The zero-order valence-electron chi connectivity index (χ0n) is 7.22. The molecule has 2 N–H and O–H groups in total. The van der Waals surface area contributed by atoms with Crippen molar-refractivity contribution in [3.8, 4) is 0 Å². The molecule has 0 aliphatic heterocycles. The predicted octanol–water partition coefficient (Wildman–Crippen LogP) is 2.38. The van der Waals surface area contributed by atoms with Gasteiger partial charge in [-0.2, -0.15) is 0 Å². The van der Waals surface area contributed by atoms with Crippen LogP contribution in [0.2, 0.25) is 0 Å². The standard InChI is InChI=1S/C9H11BrFNO/c1-6(13)5-12-7-2-3-8(10)9(11)4-7/h2-4,6,12-13H,5H2,1H3/t6-/m0/s1. The Labute approximate surface area is 84.9 Å². The Morgan fingerprint density at radius 3 is 2.85 bits per heavy atom. The fourth-order valence-corrected chi connectivity index (χ4v) is 1.12. The van der Waals surface area contributed by atoms with Gasteiger partial charge in [0, 0.05) is 12.2 Å². The molecule has 4 heteroatoms. The van der Waals surface area contributed by atoms with Crippen LogP contribution in [0.4, 0.5) is 10.1 Å². The molecule has 0 radical (unpaired) electrons. The zero-order valence-corrected chi connectivity index (χ0v) is 8.81. The molecule has 0 saturated carbocycles. The Kier molecular flexibility index (Phi) is 3.69. The first kappa shape index (κ1) is 10.5. The topological polar surface area (TPSA) is 32.3 Å². The average molecular weight is 248 g/mol. The molecule has 1 aromatic carbocycles. The molecular weight excluding hydrogens is 237 g/mol. The van der Waals surface area contributed by atoms with Gasteiger partial charge >= 0.3 is 0 Å². The smallest absolute Gasteiger partial charge is 0.139 e. The second-order valence-electron chi connectivity index (χ2n) is 2.86. The van der Waals surface area contributed by atoms with Crippen molar-refractivity contribution in [2.75, 3.05) is 11.9 Å². The van der Waals surface area contributed by atoms with Crippen molar-refractivity contribution in [1.29, 1.82) is 0 Å². The largest absolute Gasteiger partial charge is 0.392 e. The van der Waals surface area contributed by atoms with Crippen LogP contribution >= 0.6 is 15.9 Å². The van der Waals surface area contributed by atoms with Crippen molar-refractivity contribution < 1.29 is 9.50 Å². The summed E-state index contributed by atoms with van der Waals surface area (Å²) in [6.07, 6.45) is -0.438. The van der Waals surface area contributed by atoms with E-state index in [1.54, 1.807) is 19.1 Å². The van der Waals surface area contributed by atoms with Crippen LogP contribution in [-0.4, -0.2) is 17.8 Å². The summed E-state index contributed by atoms with van der Waals surface area (Å²) in [6, 6.07) is 4.75. The van der Waals surface area contributed by atoms with Gasteiger partial charge in [-0.15, -0.1) is 0 Å². The lowest BCUT2D eigenvalue weighted by molar-refractivity contribution is 0.208. The van der Waals surface area contributed by atoms with Crippen LogP contribution in [0.5, 0.6) is 0 Å². The van der Waals surface area contributed by atoms with Crippen LogP contribution in [0.3, 0.4) is 0 Å². The molecule has 0 aliphatic carbocycles. The highest BCUT2D eigenvalue weighted by molar-refractivity contribution is 9.10. The van der Waals surface area contributed by atoms with Crippen molar-refractivity contribution in [3.63, 3.8) is 0 Å². The number of halogens is 2. The maximum absolute atomic E-state index is 13.0. The Morgan fingerprint density at radius 2 is 2.31 bits per heavy atom. The van der Waals surface area contributed by atoms with Crippen molar-refractivity contribution >= 4 is 21.6 Å². The predicted molar refractivity (Wildman–Crippen MR) is 54.3 cm³/mol.